The molecule has 2 aromatic rings. The second-order valence-electron chi connectivity index (χ2n) is 3.92. The van der Waals surface area contributed by atoms with Crippen molar-refractivity contribution in [1.29, 1.82) is 0 Å². The molecule has 0 aliphatic carbocycles. The second kappa shape index (κ2) is 4.51. The van der Waals surface area contributed by atoms with E-state index in [4.69, 9.17) is 4.74 Å². The predicted molar refractivity (Wildman–Crippen MR) is 65.2 cm³/mol. The van der Waals surface area contributed by atoms with Crippen LogP contribution < -0.4 is 0 Å². The van der Waals surface area contributed by atoms with Gasteiger partial charge >= 0.3 is 0 Å². The Morgan fingerprint density at radius 1 is 1.44 bits per heavy atom. The Hall–Kier alpha value is -1.73. The number of imidazole rings is 1. The number of morpholine rings is 1. The van der Waals surface area contributed by atoms with Gasteiger partial charge in [-0.15, -0.1) is 11.3 Å². The number of ether oxygens (including phenoxy) is 1. The third-order valence-corrected chi connectivity index (χ3v) is 3.67. The summed E-state index contributed by atoms with van der Waals surface area (Å²) in [5, 5.41) is 1.83. The van der Waals surface area contributed by atoms with Crippen molar-refractivity contribution in [3.63, 3.8) is 0 Å². The lowest BCUT2D eigenvalue weighted by Crippen LogP contribution is -2.41. The molecule has 18 heavy (non-hydrogen) atoms. The zero-order chi connectivity index (χ0) is 12.5. The van der Waals surface area contributed by atoms with Gasteiger partial charge in [-0.2, -0.15) is 0 Å². The van der Waals surface area contributed by atoms with Crippen LogP contribution in [0.4, 0.5) is 0 Å². The van der Waals surface area contributed by atoms with Crippen LogP contribution in [0.25, 0.3) is 4.96 Å². The molecule has 2 aromatic heterocycles. The van der Waals surface area contributed by atoms with E-state index in [2.05, 4.69) is 4.98 Å². The number of hydrogen-bond donors (Lipinski definition) is 0. The van der Waals surface area contributed by atoms with Gasteiger partial charge in [-0.1, -0.05) is 0 Å². The van der Waals surface area contributed by atoms with E-state index in [0.717, 1.165) is 0 Å². The molecule has 1 amide bonds. The maximum Gasteiger partial charge on any atom is 0.275 e. The first-order valence-corrected chi connectivity index (χ1v) is 6.47. The molecule has 0 saturated carbocycles. The standard InChI is InChI=1S/C11H11N3O3S/c15-7-8-9(12-11-14(8)3-6-18-11)10(16)13-1-4-17-5-2-13/h3,6-7H,1-2,4-5H2. The molecule has 3 heterocycles. The van der Waals surface area contributed by atoms with Crippen LogP contribution >= 0.6 is 11.3 Å². The lowest BCUT2D eigenvalue weighted by molar-refractivity contribution is 0.0298. The van der Waals surface area contributed by atoms with Gasteiger partial charge in [-0.25, -0.2) is 4.98 Å². The van der Waals surface area contributed by atoms with Crippen LogP contribution in [0.3, 0.4) is 0 Å². The SMILES string of the molecule is O=Cc1c(C(=O)N2CCOCC2)nc2sccn12. The Labute approximate surface area is 107 Å². The van der Waals surface area contributed by atoms with Gasteiger partial charge in [0.05, 0.1) is 13.2 Å². The normalized spacial score (nSPS) is 16.1. The minimum atomic E-state index is -0.198. The van der Waals surface area contributed by atoms with Gasteiger partial charge in [0.15, 0.2) is 16.9 Å². The first kappa shape index (κ1) is 11.4. The number of hydrogen-bond acceptors (Lipinski definition) is 5. The molecule has 94 valence electrons. The van der Waals surface area contributed by atoms with Gasteiger partial charge in [0, 0.05) is 24.7 Å². The number of nitrogens with zero attached hydrogens (tertiary/aromatic N) is 3. The molecule has 3 rings (SSSR count). The van der Waals surface area contributed by atoms with Gasteiger partial charge in [0.1, 0.15) is 5.69 Å². The van der Waals surface area contributed by atoms with Crippen LogP contribution in [-0.2, 0) is 4.74 Å². The van der Waals surface area contributed by atoms with E-state index in [1.165, 1.54) is 11.3 Å². The summed E-state index contributed by atoms with van der Waals surface area (Å²) in [6.45, 7) is 2.15. The fourth-order valence-corrected chi connectivity index (χ4v) is 2.71. The highest BCUT2D eigenvalue weighted by molar-refractivity contribution is 7.15. The Morgan fingerprint density at radius 3 is 2.94 bits per heavy atom. The lowest BCUT2D eigenvalue weighted by Gasteiger charge is -2.26. The molecular formula is C11H11N3O3S. The molecule has 1 aliphatic rings. The number of aromatic nitrogens is 2. The Bertz CT molecular complexity index is 598. The van der Waals surface area contributed by atoms with Crippen molar-refractivity contribution in [3.8, 4) is 0 Å². The quantitative estimate of drug-likeness (QED) is 0.749. The van der Waals surface area contributed by atoms with Crippen molar-refractivity contribution < 1.29 is 14.3 Å². The van der Waals surface area contributed by atoms with Crippen LogP contribution in [0.1, 0.15) is 21.0 Å². The molecule has 6 nitrogen and oxygen atoms in total. The molecule has 1 aliphatic heterocycles. The molecule has 0 bridgehead atoms. The molecule has 7 heteroatoms. The second-order valence-corrected chi connectivity index (χ2v) is 4.80. The van der Waals surface area contributed by atoms with E-state index >= 15 is 0 Å². The molecule has 0 unspecified atom stereocenters. The largest absolute Gasteiger partial charge is 0.378 e. The van der Waals surface area contributed by atoms with Crippen molar-refractivity contribution in [2.24, 2.45) is 0 Å². The van der Waals surface area contributed by atoms with Crippen molar-refractivity contribution in [3.05, 3.63) is 23.0 Å². The monoisotopic (exact) mass is 265 g/mol. The maximum atomic E-state index is 12.3. The summed E-state index contributed by atoms with van der Waals surface area (Å²) < 4.78 is 6.84. The highest BCUT2D eigenvalue weighted by Gasteiger charge is 2.25. The summed E-state index contributed by atoms with van der Waals surface area (Å²) in [4.78, 5) is 30.0. The number of thiazole rings is 1. The first-order valence-electron chi connectivity index (χ1n) is 5.59. The molecule has 0 N–H and O–H groups in total. The number of rotatable bonds is 2. The zero-order valence-electron chi connectivity index (χ0n) is 9.54. The molecule has 0 atom stereocenters. The maximum absolute atomic E-state index is 12.3. The predicted octanol–water partition coefficient (Wildman–Crippen LogP) is 0.681. The third-order valence-electron chi connectivity index (χ3n) is 2.91. The Balaban J connectivity index is 1.99. The number of amides is 1. The third kappa shape index (κ3) is 1.72. The average Bonchev–Trinajstić information content (AvgIpc) is 2.98. The van der Waals surface area contributed by atoms with Crippen molar-refractivity contribution >= 4 is 28.5 Å². The average molecular weight is 265 g/mol. The van der Waals surface area contributed by atoms with E-state index in [0.29, 0.717) is 43.2 Å². The summed E-state index contributed by atoms with van der Waals surface area (Å²) in [6.07, 6.45) is 2.42. The molecule has 0 spiro atoms. The van der Waals surface area contributed by atoms with Crippen LogP contribution in [0.15, 0.2) is 11.6 Å². The zero-order valence-corrected chi connectivity index (χ0v) is 10.4. The summed E-state index contributed by atoms with van der Waals surface area (Å²) in [6, 6.07) is 0. The fraction of sp³-hybridized carbons (Fsp3) is 0.364. The van der Waals surface area contributed by atoms with E-state index < -0.39 is 0 Å². The van der Waals surface area contributed by atoms with E-state index in [9.17, 15) is 9.59 Å². The Kier molecular flexibility index (Phi) is 2.85. The van der Waals surface area contributed by atoms with Crippen LogP contribution in [0, 0.1) is 0 Å². The van der Waals surface area contributed by atoms with Crippen LogP contribution in [0.5, 0.6) is 0 Å². The summed E-state index contributed by atoms with van der Waals surface area (Å²) in [5.74, 6) is -0.198. The highest BCUT2D eigenvalue weighted by Crippen LogP contribution is 2.18. The van der Waals surface area contributed by atoms with Crippen molar-refractivity contribution in [2.45, 2.75) is 0 Å². The Morgan fingerprint density at radius 2 is 2.22 bits per heavy atom. The van der Waals surface area contributed by atoms with Gasteiger partial charge in [-0.3, -0.25) is 14.0 Å². The van der Waals surface area contributed by atoms with E-state index in [1.807, 2.05) is 5.38 Å². The smallest absolute Gasteiger partial charge is 0.275 e. The van der Waals surface area contributed by atoms with Gasteiger partial charge < -0.3 is 9.64 Å². The fourth-order valence-electron chi connectivity index (χ4n) is 1.99. The minimum absolute atomic E-state index is 0.198. The van der Waals surface area contributed by atoms with Crippen LogP contribution in [0.2, 0.25) is 0 Å². The molecule has 0 aromatic carbocycles. The van der Waals surface area contributed by atoms with E-state index in [1.54, 1.807) is 15.5 Å². The molecule has 0 radical (unpaired) electrons. The first-order chi connectivity index (χ1) is 8.81. The molecule has 1 saturated heterocycles. The highest BCUT2D eigenvalue weighted by atomic mass is 32.1. The van der Waals surface area contributed by atoms with Gasteiger partial charge in [0.2, 0.25) is 0 Å². The number of carbonyl (C=O) groups excluding carboxylic acids is 2. The van der Waals surface area contributed by atoms with E-state index in [-0.39, 0.29) is 11.6 Å². The van der Waals surface area contributed by atoms with Crippen molar-refractivity contribution in [2.75, 3.05) is 26.3 Å². The number of fused-ring (bicyclic) bond motifs is 1. The number of carbonyl (C=O) groups is 2. The topological polar surface area (TPSA) is 63.9 Å². The summed E-state index contributed by atoms with van der Waals surface area (Å²) >= 11 is 1.40. The van der Waals surface area contributed by atoms with Crippen molar-refractivity contribution in [1.82, 2.24) is 14.3 Å². The van der Waals surface area contributed by atoms with Crippen LogP contribution in [-0.4, -0.2) is 52.8 Å². The summed E-state index contributed by atoms with van der Waals surface area (Å²) in [5.41, 5.74) is 0.557. The minimum Gasteiger partial charge on any atom is -0.378 e. The van der Waals surface area contributed by atoms with Gasteiger partial charge in [0.25, 0.3) is 5.91 Å². The van der Waals surface area contributed by atoms with Gasteiger partial charge in [-0.05, 0) is 0 Å². The lowest BCUT2D eigenvalue weighted by atomic mass is 10.3. The molecular weight excluding hydrogens is 254 g/mol. The molecule has 1 fully saturated rings. The summed E-state index contributed by atoms with van der Waals surface area (Å²) in [7, 11) is 0. The number of aldehydes is 1.